The predicted molar refractivity (Wildman–Crippen MR) is 73.5 cm³/mol. The van der Waals surface area contributed by atoms with Crippen molar-refractivity contribution in [2.45, 2.75) is 38.0 Å². The zero-order valence-electron chi connectivity index (χ0n) is 11.6. The summed E-state index contributed by atoms with van der Waals surface area (Å²) in [5.41, 5.74) is 8.56. The summed E-state index contributed by atoms with van der Waals surface area (Å²) in [6, 6.07) is 4.22. The second-order valence-electron chi connectivity index (χ2n) is 5.24. The molecule has 0 unspecified atom stereocenters. The molecule has 1 aromatic rings. The molecule has 0 saturated heterocycles. The minimum absolute atomic E-state index is 0.0741. The molecular formula is C15H23NO2. The molecule has 0 bridgehead atoms. The molecule has 0 atom stereocenters. The van der Waals surface area contributed by atoms with Gasteiger partial charge in [-0.2, -0.15) is 0 Å². The van der Waals surface area contributed by atoms with Gasteiger partial charge in [0, 0.05) is 17.5 Å². The lowest BCUT2D eigenvalue weighted by Crippen LogP contribution is -2.32. The Hall–Kier alpha value is -1.22. The van der Waals surface area contributed by atoms with Gasteiger partial charge in [0.25, 0.3) is 0 Å². The van der Waals surface area contributed by atoms with Crippen molar-refractivity contribution in [3.05, 3.63) is 23.3 Å². The number of nitrogens with two attached hydrogens (primary N) is 1. The quantitative estimate of drug-likeness (QED) is 0.892. The van der Waals surface area contributed by atoms with Crippen molar-refractivity contribution in [2.75, 3.05) is 20.8 Å². The monoisotopic (exact) mass is 249 g/mol. The van der Waals surface area contributed by atoms with Crippen LogP contribution in [0, 0.1) is 6.92 Å². The van der Waals surface area contributed by atoms with Crippen LogP contribution in [0.3, 0.4) is 0 Å². The van der Waals surface area contributed by atoms with Gasteiger partial charge < -0.3 is 15.2 Å². The first-order valence-electron chi connectivity index (χ1n) is 6.60. The molecule has 1 saturated carbocycles. The maximum absolute atomic E-state index is 6.07. The van der Waals surface area contributed by atoms with E-state index >= 15 is 0 Å². The van der Waals surface area contributed by atoms with Crippen LogP contribution in [-0.2, 0) is 5.41 Å². The average Bonchev–Trinajstić information content (AvgIpc) is 2.87. The maximum Gasteiger partial charge on any atom is 0.164 e. The molecule has 1 fully saturated rings. The smallest absolute Gasteiger partial charge is 0.164 e. The molecule has 18 heavy (non-hydrogen) atoms. The Balaban J connectivity index is 2.57. The number of ether oxygens (including phenoxy) is 2. The number of hydrogen-bond donors (Lipinski definition) is 1. The summed E-state index contributed by atoms with van der Waals surface area (Å²) >= 11 is 0. The number of hydrogen-bond acceptors (Lipinski definition) is 3. The molecule has 0 radical (unpaired) electrons. The van der Waals surface area contributed by atoms with Crippen LogP contribution in [0.2, 0.25) is 0 Å². The number of benzene rings is 1. The predicted octanol–water partition coefficient (Wildman–Crippen LogP) is 2.78. The zero-order chi connectivity index (χ0) is 13.2. The molecule has 1 aliphatic carbocycles. The molecule has 3 nitrogen and oxygen atoms in total. The van der Waals surface area contributed by atoms with Gasteiger partial charge in [-0.15, -0.1) is 0 Å². The average molecular weight is 249 g/mol. The molecule has 0 amide bonds. The van der Waals surface area contributed by atoms with E-state index in [1.165, 1.54) is 24.0 Å². The van der Waals surface area contributed by atoms with E-state index < -0.39 is 0 Å². The Labute approximate surface area is 109 Å². The SMILES string of the molecule is COc1cc(C)cc(C2(CN)CCCC2)c1OC. The van der Waals surface area contributed by atoms with E-state index in [1.54, 1.807) is 14.2 Å². The lowest BCUT2D eigenvalue weighted by atomic mass is 9.77. The van der Waals surface area contributed by atoms with Gasteiger partial charge in [0.1, 0.15) is 0 Å². The first kappa shape index (κ1) is 13.2. The highest BCUT2D eigenvalue weighted by Crippen LogP contribution is 2.47. The summed E-state index contributed by atoms with van der Waals surface area (Å²) in [6.45, 7) is 2.76. The van der Waals surface area contributed by atoms with Crippen LogP contribution in [0.5, 0.6) is 11.5 Å². The van der Waals surface area contributed by atoms with E-state index in [1.807, 2.05) is 6.07 Å². The summed E-state index contributed by atoms with van der Waals surface area (Å²) in [6.07, 6.45) is 4.78. The summed E-state index contributed by atoms with van der Waals surface area (Å²) in [7, 11) is 3.39. The van der Waals surface area contributed by atoms with Crippen molar-refractivity contribution < 1.29 is 9.47 Å². The van der Waals surface area contributed by atoms with Gasteiger partial charge in [0.2, 0.25) is 0 Å². The summed E-state index contributed by atoms with van der Waals surface area (Å²) in [5.74, 6) is 1.67. The minimum Gasteiger partial charge on any atom is -0.493 e. The first-order valence-corrected chi connectivity index (χ1v) is 6.60. The van der Waals surface area contributed by atoms with Crippen molar-refractivity contribution in [1.29, 1.82) is 0 Å². The van der Waals surface area contributed by atoms with Gasteiger partial charge in [0.05, 0.1) is 14.2 Å². The Bertz CT molecular complexity index is 423. The third kappa shape index (κ3) is 2.07. The topological polar surface area (TPSA) is 44.5 Å². The molecular weight excluding hydrogens is 226 g/mol. The summed E-state index contributed by atoms with van der Waals surface area (Å²) in [4.78, 5) is 0. The van der Waals surface area contributed by atoms with E-state index in [-0.39, 0.29) is 5.41 Å². The highest BCUT2D eigenvalue weighted by atomic mass is 16.5. The molecule has 2 rings (SSSR count). The van der Waals surface area contributed by atoms with Crippen molar-refractivity contribution in [1.82, 2.24) is 0 Å². The van der Waals surface area contributed by atoms with E-state index in [0.717, 1.165) is 24.3 Å². The van der Waals surface area contributed by atoms with Crippen LogP contribution in [0.25, 0.3) is 0 Å². The van der Waals surface area contributed by atoms with Crippen LogP contribution >= 0.6 is 0 Å². The van der Waals surface area contributed by atoms with Crippen LogP contribution < -0.4 is 15.2 Å². The van der Waals surface area contributed by atoms with Gasteiger partial charge in [-0.05, 0) is 31.4 Å². The number of methoxy groups -OCH3 is 2. The number of aryl methyl sites for hydroxylation is 1. The fourth-order valence-electron chi connectivity index (χ4n) is 3.13. The third-order valence-electron chi connectivity index (χ3n) is 4.15. The molecule has 1 aliphatic rings. The third-order valence-corrected chi connectivity index (χ3v) is 4.15. The normalized spacial score (nSPS) is 17.8. The highest BCUT2D eigenvalue weighted by Gasteiger charge is 2.37. The Morgan fingerprint density at radius 1 is 1.17 bits per heavy atom. The molecule has 1 aromatic carbocycles. The molecule has 100 valence electrons. The standard InChI is InChI=1S/C15H23NO2/c1-11-8-12(14(18-3)13(9-11)17-2)15(10-16)6-4-5-7-15/h8-9H,4-7,10,16H2,1-3H3. The molecule has 0 aromatic heterocycles. The molecule has 2 N–H and O–H groups in total. The van der Waals surface area contributed by atoms with Gasteiger partial charge in [-0.25, -0.2) is 0 Å². The van der Waals surface area contributed by atoms with Gasteiger partial charge in [-0.1, -0.05) is 18.9 Å². The first-order chi connectivity index (χ1) is 8.66. The summed E-state index contributed by atoms with van der Waals surface area (Å²) in [5, 5.41) is 0. The van der Waals surface area contributed by atoms with Crippen molar-refractivity contribution in [3.8, 4) is 11.5 Å². The Kier molecular flexibility index (Phi) is 3.81. The van der Waals surface area contributed by atoms with Crippen molar-refractivity contribution >= 4 is 0 Å². The minimum atomic E-state index is 0.0741. The lowest BCUT2D eigenvalue weighted by Gasteiger charge is -2.30. The van der Waals surface area contributed by atoms with Crippen molar-refractivity contribution in [3.63, 3.8) is 0 Å². The van der Waals surface area contributed by atoms with Crippen LogP contribution in [-0.4, -0.2) is 20.8 Å². The van der Waals surface area contributed by atoms with Gasteiger partial charge in [0.15, 0.2) is 11.5 Å². The summed E-state index contributed by atoms with van der Waals surface area (Å²) < 4.78 is 11.0. The molecule has 0 aliphatic heterocycles. The molecule has 3 heteroatoms. The second kappa shape index (κ2) is 5.19. The van der Waals surface area contributed by atoms with E-state index in [2.05, 4.69) is 13.0 Å². The largest absolute Gasteiger partial charge is 0.493 e. The number of rotatable bonds is 4. The lowest BCUT2D eigenvalue weighted by molar-refractivity contribution is 0.336. The highest BCUT2D eigenvalue weighted by molar-refractivity contribution is 5.53. The fraction of sp³-hybridized carbons (Fsp3) is 0.600. The Morgan fingerprint density at radius 3 is 2.33 bits per heavy atom. The molecule has 0 heterocycles. The van der Waals surface area contributed by atoms with Crippen LogP contribution in [0.1, 0.15) is 36.8 Å². The van der Waals surface area contributed by atoms with Gasteiger partial charge >= 0.3 is 0 Å². The van der Waals surface area contributed by atoms with E-state index in [0.29, 0.717) is 6.54 Å². The molecule has 0 spiro atoms. The van der Waals surface area contributed by atoms with Crippen LogP contribution in [0.15, 0.2) is 12.1 Å². The van der Waals surface area contributed by atoms with E-state index in [4.69, 9.17) is 15.2 Å². The fourth-order valence-corrected chi connectivity index (χ4v) is 3.13. The van der Waals surface area contributed by atoms with E-state index in [9.17, 15) is 0 Å². The maximum atomic E-state index is 6.07. The zero-order valence-corrected chi connectivity index (χ0v) is 11.6. The van der Waals surface area contributed by atoms with Gasteiger partial charge in [-0.3, -0.25) is 0 Å². The van der Waals surface area contributed by atoms with Crippen LogP contribution in [0.4, 0.5) is 0 Å². The Morgan fingerprint density at radius 2 is 1.83 bits per heavy atom. The second-order valence-corrected chi connectivity index (χ2v) is 5.24. The van der Waals surface area contributed by atoms with Crippen molar-refractivity contribution in [2.24, 2.45) is 5.73 Å².